The molecule has 6 aromatic heterocycles. The number of carbonyl (C=O) groups excluding carboxylic acids is 4. The molecule has 5 N–H and O–H groups in total. The quantitative estimate of drug-likeness (QED) is 0.0548. The zero-order valence-electron chi connectivity index (χ0n) is 37.5. The molecule has 20 heteroatoms. The number of aryl methyl sites for hydroxylation is 6. The van der Waals surface area contributed by atoms with Crippen LogP contribution in [-0.4, -0.2) is 90.3 Å². The van der Waals surface area contributed by atoms with Crippen LogP contribution in [-0.2, 0) is 37.5 Å². The molecule has 0 spiro atoms. The van der Waals surface area contributed by atoms with Gasteiger partial charge in [0.05, 0.1) is 41.3 Å². The summed E-state index contributed by atoms with van der Waals surface area (Å²) in [6, 6.07) is 13.7. The monoisotopic (exact) mass is 894 g/mol. The van der Waals surface area contributed by atoms with Gasteiger partial charge in [0.15, 0.2) is 5.82 Å². The molecule has 0 bridgehead atoms. The van der Waals surface area contributed by atoms with Gasteiger partial charge in [-0.3, -0.25) is 33.7 Å². The van der Waals surface area contributed by atoms with Gasteiger partial charge in [-0.05, 0) is 90.1 Å². The highest BCUT2D eigenvalue weighted by Gasteiger charge is 2.23. The zero-order valence-corrected chi connectivity index (χ0v) is 37.5. The number of aromatic nitrogens is 11. The first-order valence-electron chi connectivity index (χ1n) is 21.6. The van der Waals surface area contributed by atoms with Crippen LogP contribution < -0.4 is 21.5 Å². The van der Waals surface area contributed by atoms with Crippen LogP contribution in [0.3, 0.4) is 0 Å². The van der Waals surface area contributed by atoms with Gasteiger partial charge in [0.25, 0.3) is 5.91 Å². The molecule has 0 aliphatic heterocycles. The molecule has 6 heterocycles. The summed E-state index contributed by atoms with van der Waals surface area (Å²) >= 11 is 0. The van der Waals surface area contributed by atoms with Crippen molar-refractivity contribution in [3.63, 3.8) is 0 Å². The van der Waals surface area contributed by atoms with E-state index < -0.39 is 23.7 Å². The molecule has 8 rings (SSSR count). The minimum Gasteiger partial charge on any atom is -0.491 e. The third kappa shape index (κ3) is 8.71. The molecule has 0 radical (unpaired) electrons. The van der Waals surface area contributed by atoms with Gasteiger partial charge in [-0.1, -0.05) is 12.2 Å². The highest BCUT2D eigenvalue weighted by atomic mass is 16.5. The van der Waals surface area contributed by atoms with Gasteiger partial charge in [0.2, 0.25) is 17.8 Å². The van der Waals surface area contributed by atoms with Crippen LogP contribution in [0, 0.1) is 20.8 Å². The number of ether oxygens (including phenoxy) is 2. The number of fused-ring (bicyclic) bond motifs is 4. The van der Waals surface area contributed by atoms with Crippen molar-refractivity contribution >= 4 is 62.6 Å². The third-order valence-corrected chi connectivity index (χ3v) is 11.0. The van der Waals surface area contributed by atoms with E-state index in [9.17, 15) is 19.2 Å². The first-order valence-corrected chi connectivity index (χ1v) is 21.6. The number of nitrogens with zero attached hydrogens (tertiary/aromatic N) is 11. The third-order valence-electron chi connectivity index (χ3n) is 11.0. The molecule has 20 nitrogen and oxygen atoms in total. The van der Waals surface area contributed by atoms with Crippen molar-refractivity contribution < 1.29 is 28.7 Å². The van der Waals surface area contributed by atoms with Crippen LogP contribution in [0.1, 0.15) is 86.0 Å². The van der Waals surface area contributed by atoms with Crippen LogP contribution in [0.15, 0.2) is 66.9 Å². The van der Waals surface area contributed by atoms with Gasteiger partial charge < -0.3 is 30.1 Å². The van der Waals surface area contributed by atoms with E-state index in [1.807, 2.05) is 75.1 Å². The van der Waals surface area contributed by atoms with Gasteiger partial charge >= 0.3 is 5.97 Å². The maximum Gasteiger partial charge on any atom is 0.356 e. The molecule has 0 fully saturated rings. The smallest absolute Gasteiger partial charge is 0.356 e. The molecular formula is C46H50N14O6. The Morgan fingerprint density at radius 2 is 1.36 bits per heavy atom. The Kier molecular flexibility index (Phi) is 12.5. The first kappa shape index (κ1) is 44.4. The average Bonchev–Trinajstić information content (AvgIpc) is 4.12. The van der Waals surface area contributed by atoms with Crippen molar-refractivity contribution in [3.05, 3.63) is 106 Å². The van der Waals surface area contributed by atoms with E-state index in [0.29, 0.717) is 83.4 Å². The van der Waals surface area contributed by atoms with Crippen LogP contribution in [0.25, 0.3) is 44.5 Å². The number of primary amides is 2. The lowest BCUT2D eigenvalue weighted by Gasteiger charge is -2.13. The molecule has 0 saturated heterocycles. The van der Waals surface area contributed by atoms with Crippen molar-refractivity contribution in [2.24, 2.45) is 11.5 Å². The fraction of sp³-hybridized carbons (Fsp3) is 0.304. The summed E-state index contributed by atoms with van der Waals surface area (Å²) in [4.78, 5) is 66.1. The summed E-state index contributed by atoms with van der Waals surface area (Å²) in [7, 11) is 0. The van der Waals surface area contributed by atoms with E-state index >= 15 is 0 Å². The van der Waals surface area contributed by atoms with E-state index in [4.69, 9.17) is 35.9 Å². The first-order chi connectivity index (χ1) is 31.8. The summed E-state index contributed by atoms with van der Waals surface area (Å²) in [5.74, 6) is -1.23. The number of anilines is 1. The number of hydrogen-bond donors (Lipinski definition) is 3. The Balaban J connectivity index is 1.14. The van der Waals surface area contributed by atoms with Crippen molar-refractivity contribution in [2.75, 3.05) is 18.5 Å². The largest absolute Gasteiger partial charge is 0.491 e. The van der Waals surface area contributed by atoms with Gasteiger partial charge in [-0.2, -0.15) is 15.3 Å². The van der Waals surface area contributed by atoms with E-state index in [-0.39, 0.29) is 37.0 Å². The fourth-order valence-electron chi connectivity index (χ4n) is 7.98. The van der Waals surface area contributed by atoms with Gasteiger partial charge in [-0.15, -0.1) is 0 Å². The van der Waals surface area contributed by atoms with Crippen molar-refractivity contribution in [2.45, 2.75) is 80.7 Å². The predicted molar refractivity (Wildman–Crippen MR) is 246 cm³/mol. The van der Waals surface area contributed by atoms with E-state index in [0.717, 1.165) is 27.7 Å². The van der Waals surface area contributed by atoms with Crippen molar-refractivity contribution in [3.8, 4) is 17.3 Å². The van der Waals surface area contributed by atoms with Crippen LogP contribution >= 0.6 is 0 Å². The highest BCUT2D eigenvalue weighted by molar-refractivity contribution is 6.09. The number of nitrogens with two attached hydrogens (primary N) is 2. The summed E-state index contributed by atoms with van der Waals surface area (Å²) in [5, 5.41) is 17.8. The SMILES string of the molecule is CCn1nc(C)cc1C(=O)Nc1nc2cc(C(N)=O)cc(OCCCOC(=O)c3cc(C)nn3CC)c2n1CC=CCn1c2ccc(C(N)=O)cc2c2cnc(-c3cc(C)nn3CC)nc21. The Morgan fingerprint density at radius 3 is 2.06 bits per heavy atom. The number of hydrogen-bond acceptors (Lipinski definition) is 12. The second kappa shape index (κ2) is 18.5. The normalized spacial score (nSPS) is 11.7. The number of nitrogens with one attached hydrogen (secondary N) is 1. The fourth-order valence-corrected chi connectivity index (χ4v) is 7.98. The maximum atomic E-state index is 13.9. The summed E-state index contributed by atoms with van der Waals surface area (Å²) in [6.45, 7) is 13.6. The standard InChI is InChI=1S/C46H50N14O6/c1-7-58-35(19-26(4)53-58)42-49-25-32-31-22-29(40(47)61)13-14-34(31)56(43(32)51-42)15-10-11-16-57-39-33(50-46(57)52-44(63)36-20-27(5)54-59(36)8-2)23-30(41(48)62)24-38(39)65-17-12-18-66-45(64)37-21-28(6)55-60(37)9-3/h10-11,13-14,19-25H,7-9,12,15-18H2,1-6H3,(H2,47,61)(H2,48,62)(H,50,52,63). The molecule has 66 heavy (non-hydrogen) atoms. The highest BCUT2D eigenvalue weighted by Crippen LogP contribution is 2.33. The minimum absolute atomic E-state index is 0.0557. The predicted octanol–water partition coefficient (Wildman–Crippen LogP) is 5.51. The van der Waals surface area contributed by atoms with Gasteiger partial charge in [0, 0.05) is 67.2 Å². The maximum absolute atomic E-state index is 13.9. The van der Waals surface area contributed by atoms with E-state index in [1.54, 1.807) is 50.5 Å². The number of carbonyl (C=O) groups is 4. The molecule has 3 amide bonds. The van der Waals surface area contributed by atoms with Gasteiger partial charge in [0.1, 0.15) is 34.0 Å². The van der Waals surface area contributed by atoms with Crippen LogP contribution in [0.5, 0.6) is 5.75 Å². The number of allylic oxidation sites excluding steroid dienone is 2. The lowest BCUT2D eigenvalue weighted by atomic mass is 10.1. The van der Waals surface area contributed by atoms with Crippen molar-refractivity contribution in [1.82, 2.24) is 53.4 Å². The Bertz CT molecular complexity index is 3220. The number of rotatable bonds is 18. The summed E-state index contributed by atoms with van der Waals surface area (Å²) < 4.78 is 20.7. The summed E-state index contributed by atoms with van der Waals surface area (Å²) in [5.41, 5.74) is 17.9. The van der Waals surface area contributed by atoms with Crippen LogP contribution in [0.2, 0.25) is 0 Å². The number of amides is 3. The Hall–Kier alpha value is -8.16. The molecular weight excluding hydrogens is 845 g/mol. The second-order valence-electron chi connectivity index (χ2n) is 15.6. The molecule has 2 aromatic carbocycles. The van der Waals surface area contributed by atoms with E-state index in [1.165, 1.54) is 6.07 Å². The minimum atomic E-state index is -0.698. The van der Waals surface area contributed by atoms with E-state index in [2.05, 4.69) is 20.6 Å². The Labute approximate surface area is 378 Å². The molecule has 0 unspecified atom stereocenters. The zero-order chi connectivity index (χ0) is 46.8. The lowest BCUT2D eigenvalue weighted by molar-refractivity contribution is 0.0471. The average molecular weight is 895 g/mol. The van der Waals surface area contributed by atoms with Crippen LogP contribution in [0.4, 0.5) is 5.95 Å². The topological polar surface area (TPSA) is 253 Å². The lowest BCUT2D eigenvalue weighted by Crippen LogP contribution is -2.20. The number of esters is 1. The van der Waals surface area contributed by atoms with Crippen molar-refractivity contribution in [1.29, 1.82) is 0 Å². The molecule has 340 valence electrons. The second-order valence-corrected chi connectivity index (χ2v) is 15.6. The van der Waals surface area contributed by atoms with Gasteiger partial charge in [-0.25, -0.2) is 19.7 Å². The molecule has 0 aliphatic rings. The summed E-state index contributed by atoms with van der Waals surface area (Å²) in [6.07, 6.45) is 5.93. The number of imidazole rings is 1. The molecule has 0 atom stereocenters. The Morgan fingerprint density at radius 1 is 0.712 bits per heavy atom. The number of benzene rings is 2. The molecule has 0 aliphatic carbocycles. The molecule has 8 aromatic rings. The molecule has 0 saturated carbocycles.